The van der Waals surface area contributed by atoms with Crippen LogP contribution in [0.1, 0.15) is 6.92 Å². The van der Waals surface area contributed by atoms with Crippen LogP contribution < -0.4 is 5.19 Å². The molecule has 0 amide bonds. The summed E-state index contributed by atoms with van der Waals surface area (Å²) in [6, 6.07) is 12.4. The zero-order valence-corrected chi connectivity index (χ0v) is 13.5. The molecule has 1 rings (SSSR count). The van der Waals surface area contributed by atoms with Crippen molar-refractivity contribution in [1.82, 2.24) is 4.23 Å². The van der Waals surface area contributed by atoms with Gasteiger partial charge in [-0.15, -0.1) is 0 Å². The van der Waals surface area contributed by atoms with E-state index in [0.717, 1.165) is 0 Å². The van der Waals surface area contributed by atoms with Crippen molar-refractivity contribution in [3.05, 3.63) is 30.3 Å². The van der Waals surface area contributed by atoms with E-state index in [1.165, 1.54) is 6.04 Å². The van der Waals surface area contributed by atoms with Gasteiger partial charge in [0.2, 0.25) is 0 Å². The van der Waals surface area contributed by atoms with Crippen LogP contribution in [0.15, 0.2) is 30.3 Å². The molecule has 0 spiro atoms. The van der Waals surface area contributed by atoms with Crippen molar-refractivity contribution in [3.63, 3.8) is 0 Å². The molecule has 0 bridgehead atoms. The summed E-state index contributed by atoms with van der Waals surface area (Å²) in [6.07, 6.45) is 0. The highest BCUT2D eigenvalue weighted by molar-refractivity contribution is 6.97. The molecule has 3 heteroatoms. The van der Waals surface area contributed by atoms with Gasteiger partial charge in [-0.1, -0.05) is 63.4 Å². The highest BCUT2D eigenvalue weighted by atomic mass is 28.4. The molecule has 0 aromatic heterocycles. The minimum atomic E-state index is -1.44. The van der Waals surface area contributed by atoms with E-state index >= 15 is 0 Å². The molecular weight excluding hydrogens is 226 g/mol. The third-order valence-corrected chi connectivity index (χ3v) is 13.8. The van der Waals surface area contributed by atoms with Gasteiger partial charge in [-0.25, -0.2) is 0 Å². The fourth-order valence-corrected chi connectivity index (χ4v) is 11.1. The predicted octanol–water partition coefficient (Wildman–Crippen LogP) is 3.26. The Morgan fingerprint density at radius 1 is 1.00 bits per heavy atom. The SMILES string of the molecule is CC[Si](C)(c1ccccc1)N(C)[Si](C)(C)C. The molecule has 1 aromatic carbocycles. The molecule has 0 saturated heterocycles. The molecule has 0 saturated carbocycles. The van der Waals surface area contributed by atoms with E-state index in [1.807, 2.05) is 0 Å². The summed E-state index contributed by atoms with van der Waals surface area (Å²) < 4.78 is 2.75. The normalized spacial score (nSPS) is 16.2. The summed E-state index contributed by atoms with van der Waals surface area (Å²) in [6.45, 7) is 12.2. The van der Waals surface area contributed by atoms with Crippen LogP contribution in [-0.2, 0) is 0 Å². The highest BCUT2D eigenvalue weighted by Crippen LogP contribution is 2.20. The first-order valence-electron chi connectivity index (χ1n) is 6.12. The average molecular weight is 252 g/mol. The second-order valence-corrected chi connectivity index (χ2v) is 15.7. The van der Waals surface area contributed by atoms with Gasteiger partial charge in [0.25, 0.3) is 0 Å². The van der Waals surface area contributed by atoms with Gasteiger partial charge in [-0.2, -0.15) is 0 Å². The molecule has 0 heterocycles. The van der Waals surface area contributed by atoms with E-state index in [0.29, 0.717) is 0 Å². The van der Waals surface area contributed by atoms with Crippen molar-refractivity contribution in [2.75, 3.05) is 7.05 Å². The fraction of sp³-hybridized carbons (Fsp3) is 0.538. The topological polar surface area (TPSA) is 3.24 Å². The van der Waals surface area contributed by atoms with Crippen molar-refractivity contribution < 1.29 is 0 Å². The van der Waals surface area contributed by atoms with Gasteiger partial charge in [-0.05, 0) is 18.3 Å². The summed E-state index contributed by atoms with van der Waals surface area (Å²) >= 11 is 0. The van der Waals surface area contributed by atoms with Gasteiger partial charge in [0.05, 0.1) is 0 Å². The lowest BCUT2D eigenvalue weighted by Crippen LogP contribution is -2.65. The van der Waals surface area contributed by atoms with E-state index < -0.39 is 16.5 Å². The molecule has 1 unspecified atom stereocenters. The second-order valence-electron chi connectivity index (χ2n) is 5.72. The predicted molar refractivity (Wildman–Crippen MR) is 79.3 cm³/mol. The Hall–Kier alpha value is -0.386. The number of nitrogens with zero attached hydrogens (tertiary/aromatic N) is 1. The molecule has 90 valence electrons. The maximum Gasteiger partial charge on any atom is 0.150 e. The lowest BCUT2D eigenvalue weighted by molar-refractivity contribution is 0.755. The maximum atomic E-state index is 2.75. The van der Waals surface area contributed by atoms with Crippen molar-refractivity contribution >= 4 is 21.7 Å². The third-order valence-electron chi connectivity index (χ3n) is 3.83. The molecule has 0 radical (unpaired) electrons. The van der Waals surface area contributed by atoms with Crippen LogP contribution in [0.5, 0.6) is 0 Å². The summed E-state index contributed by atoms with van der Waals surface area (Å²) in [5, 5.41) is 1.57. The van der Waals surface area contributed by atoms with Crippen LogP contribution >= 0.6 is 0 Å². The Labute approximate surface area is 103 Å². The van der Waals surface area contributed by atoms with E-state index in [4.69, 9.17) is 0 Å². The number of benzene rings is 1. The fourth-order valence-electron chi connectivity index (χ4n) is 2.17. The average Bonchev–Trinajstić information content (AvgIpc) is 2.27. The van der Waals surface area contributed by atoms with E-state index in [9.17, 15) is 0 Å². The van der Waals surface area contributed by atoms with Gasteiger partial charge in [0.15, 0.2) is 0 Å². The summed E-state index contributed by atoms with van der Waals surface area (Å²) in [4.78, 5) is 0. The third kappa shape index (κ3) is 2.65. The molecule has 1 nitrogen and oxygen atoms in total. The number of hydrogen-bond acceptors (Lipinski definition) is 1. The van der Waals surface area contributed by atoms with Crippen LogP contribution in [0.4, 0.5) is 0 Å². The van der Waals surface area contributed by atoms with Crippen LogP contribution in [0, 0.1) is 0 Å². The Morgan fingerprint density at radius 2 is 1.50 bits per heavy atom. The first-order valence-corrected chi connectivity index (χ1v) is 12.2. The zero-order valence-electron chi connectivity index (χ0n) is 11.5. The Kier molecular flexibility index (Phi) is 4.15. The molecule has 0 aliphatic heterocycles. The second kappa shape index (κ2) is 4.86. The van der Waals surface area contributed by atoms with Gasteiger partial charge in [-0.3, -0.25) is 0 Å². The van der Waals surface area contributed by atoms with Gasteiger partial charge < -0.3 is 4.23 Å². The molecule has 0 aliphatic carbocycles. The highest BCUT2D eigenvalue weighted by Gasteiger charge is 2.38. The summed E-state index contributed by atoms with van der Waals surface area (Å²) in [5.41, 5.74) is 0. The lowest BCUT2D eigenvalue weighted by atomic mass is 10.4. The molecule has 16 heavy (non-hydrogen) atoms. The molecule has 0 fully saturated rings. The minimum Gasteiger partial charge on any atom is -0.345 e. The van der Waals surface area contributed by atoms with E-state index in [1.54, 1.807) is 5.19 Å². The Balaban J connectivity index is 3.13. The number of hydrogen-bond donors (Lipinski definition) is 0. The smallest absolute Gasteiger partial charge is 0.150 e. The monoisotopic (exact) mass is 251 g/mol. The van der Waals surface area contributed by atoms with Crippen LogP contribution in [0.2, 0.25) is 32.2 Å². The standard InChI is InChI=1S/C13H25NSi2/c1-7-16(6,14(2)15(3,4)5)13-11-9-8-10-12-13/h8-12H,7H2,1-6H3. The van der Waals surface area contributed by atoms with Crippen molar-refractivity contribution in [1.29, 1.82) is 0 Å². The summed E-state index contributed by atoms with van der Waals surface area (Å²) in [7, 11) is -0.306. The van der Waals surface area contributed by atoms with E-state index in [-0.39, 0.29) is 0 Å². The van der Waals surface area contributed by atoms with Crippen molar-refractivity contribution in [2.24, 2.45) is 0 Å². The van der Waals surface area contributed by atoms with Crippen molar-refractivity contribution in [3.8, 4) is 0 Å². The lowest BCUT2D eigenvalue weighted by Gasteiger charge is -2.44. The van der Waals surface area contributed by atoms with Gasteiger partial charge in [0, 0.05) is 0 Å². The van der Waals surface area contributed by atoms with Crippen molar-refractivity contribution in [2.45, 2.75) is 39.2 Å². The number of rotatable bonds is 4. The van der Waals surface area contributed by atoms with E-state index in [2.05, 4.69) is 74.7 Å². The largest absolute Gasteiger partial charge is 0.345 e. The molecule has 0 aliphatic rings. The van der Waals surface area contributed by atoms with Crippen LogP contribution in [0.3, 0.4) is 0 Å². The Morgan fingerprint density at radius 3 is 1.88 bits per heavy atom. The minimum absolute atomic E-state index is 1.20. The maximum absolute atomic E-state index is 2.75. The molecule has 1 atom stereocenters. The zero-order chi connectivity index (χ0) is 12.4. The van der Waals surface area contributed by atoms with Gasteiger partial charge >= 0.3 is 0 Å². The van der Waals surface area contributed by atoms with Crippen LogP contribution in [-0.4, -0.2) is 27.7 Å². The molecule has 0 N–H and O–H groups in total. The summed E-state index contributed by atoms with van der Waals surface area (Å²) in [5.74, 6) is 0. The van der Waals surface area contributed by atoms with Crippen LogP contribution in [0.25, 0.3) is 0 Å². The van der Waals surface area contributed by atoms with Gasteiger partial charge in [0.1, 0.15) is 16.5 Å². The molecular formula is C13H25NSi2. The first-order chi connectivity index (χ1) is 7.32. The quantitative estimate of drug-likeness (QED) is 0.743. The molecule has 1 aromatic rings. The first kappa shape index (κ1) is 13.7. The Bertz CT molecular complexity index is 332.